The van der Waals surface area contributed by atoms with E-state index in [9.17, 15) is 4.79 Å². The quantitative estimate of drug-likeness (QED) is 0.629. The van der Waals surface area contributed by atoms with Crippen LogP contribution in [0.1, 0.15) is 16.1 Å². The first-order chi connectivity index (χ1) is 14.1. The van der Waals surface area contributed by atoms with Crippen molar-refractivity contribution in [3.05, 3.63) is 66.1 Å². The molecule has 0 spiro atoms. The van der Waals surface area contributed by atoms with Gasteiger partial charge in [-0.15, -0.1) is 10.2 Å². The van der Waals surface area contributed by atoms with Gasteiger partial charge in [-0.25, -0.2) is 0 Å². The molecule has 0 atom stereocenters. The molecule has 3 rings (SSSR count). The van der Waals surface area contributed by atoms with Crippen LogP contribution < -0.4 is 19.7 Å². The standard InChI is InChI=1S/C21H23N5O3/c1-26(13-10-15-8-11-22-12-9-15)20-7-5-17(24-25-20)21(27)23-16-4-6-18(28-2)19(14-16)29-3/h4-9,11-12,14H,10,13H2,1-3H3,(H,23,27). The minimum Gasteiger partial charge on any atom is -0.493 e. The first kappa shape index (κ1) is 20.1. The summed E-state index contributed by atoms with van der Waals surface area (Å²) in [5, 5.41) is 11.0. The van der Waals surface area contributed by atoms with E-state index in [4.69, 9.17) is 9.47 Å². The van der Waals surface area contributed by atoms with Crippen LogP contribution in [-0.4, -0.2) is 48.9 Å². The van der Waals surface area contributed by atoms with E-state index >= 15 is 0 Å². The largest absolute Gasteiger partial charge is 0.493 e. The number of hydrogen-bond acceptors (Lipinski definition) is 7. The molecular weight excluding hydrogens is 370 g/mol. The van der Waals surface area contributed by atoms with Gasteiger partial charge in [-0.05, 0) is 48.4 Å². The van der Waals surface area contributed by atoms with E-state index < -0.39 is 0 Å². The number of ether oxygens (including phenoxy) is 2. The number of likely N-dealkylation sites (N-methyl/N-ethyl adjacent to an activating group) is 1. The van der Waals surface area contributed by atoms with Crippen molar-refractivity contribution in [3.63, 3.8) is 0 Å². The zero-order valence-electron chi connectivity index (χ0n) is 16.6. The van der Waals surface area contributed by atoms with E-state index in [2.05, 4.69) is 20.5 Å². The summed E-state index contributed by atoms with van der Waals surface area (Å²) in [4.78, 5) is 18.5. The van der Waals surface area contributed by atoms with Gasteiger partial charge in [-0.2, -0.15) is 0 Å². The normalized spacial score (nSPS) is 10.3. The molecule has 1 aromatic carbocycles. The highest BCUT2D eigenvalue weighted by molar-refractivity contribution is 6.02. The Hall–Kier alpha value is -3.68. The van der Waals surface area contributed by atoms with Crippen molar-refractivity contribution >= 4 is 17.4 Å². The molecule has 0 aliphatic carbocycles. The Morgan fingerprint density at radius 3 is 2.41 bits per heavy atom. The maximum Gasteiger partial charge on any atom is 0.276 e. The zero-order chi connectivity index (χ0) is 20.6. The summed E-state index contributed by atoms with van der Waals surface area (Å²) in [5.74, 6) is 1.46. The van der Waals surface area contributed by atoms with Crippen LogP contribution in [0, 0.1) is 0 Å². The number of rotatable bonds is 8. The number of hydrogen-bond donors (Lipinski definition) is 1. The maximum absolute atomic E-state index is 12.5. The molecule has 8 heteroatoms. The van der Waals surface area contributed by atoms with Crippen molar-refractivity contribution in [1.29, 1.82) is 0 Å². The molecule has 3 aromatic rings. The van der Waals surface area contributed by atoms with Crippen LogP contribution in [0.2, 0.25) is 0 Å². The van der Waals surface area contributed by atoms with Crippen molar-refractivity contribution in [1.82, 2.24) is 15.2 Å². The number of pyridine rings is 1. The van der Waals surface area contributed by atoms with Crippen LogP contribution in [0.4, 0.5) is 11.5 Å². The van der Waals surface area contributed by atoms with Gasteiger partial charge in [0, 0.05) is 37.7 Å². The number of nitrogens with one attached hydrogen (secondary N) is 1. The minimum atomic E-state index is -0.351. The van der Waals surface area contributed by atoms with E-state index in [0.717, 1.165) is 13.0 Å². The second kappa shape index (κ2) is 9.50. The van der Waals surface area contributed by atoms with Crippen LogP contribution in [0.5, 0.6) is 11.5 Å². The molecular formula is C21H23N5O3. The Labute approximate surface area is 169 Å². The number of nitrogens with zero attached hydrogens (tertiary/aromatic N) is 4. The lowest BCUT2D eigenvalue weighted by molar-refractivity contribution is 0.102. The average molecular weight is 393 g/mol. The van der Waals surface area contributed by atoms with Crippen LogP contribution in [0.3, 0.4) is 0 Å². The molecule has 0 fully saturated rings. The zero-order valence-corrected chi connectivity index (χ0v) is 16.6. The molecule has 0 saturated carbocycles. The highest BCUT2D eigenvalue weighted by Gasteiger charge is 2.12. The first-order valence-electron chi connectivity index (χ1n) is 9.08. The summed E-state index contributed by atoms with van der Waals surface area (Å²) in [6.07, 6.45) is 4.42. The van der Waals surface area contributed by atoms with Crippen molar-refractivity contribution in [2.75, 3.05) is 38.0 Å². The van der Waals surface area contributed by atoms with Crippen molar-refractivity contribution in [2.24, 2.45) is 0 Å². The lowest BCUT2D eigenvalue weighted by atomic mass is 10.2. The molecule has 29 heavy (non-hydrogen) atoms. The summed E-state index contributed by atoms with van der Waals surface area (Å²) < 4.78 is 10.4. The van der Waals surface area contributed by atoms with E-state index in [1.807, 2.05) is 24.1 Å². The van der Waals surface area contributed by atoms with Crippen LogP contribution >= 0.6 is 0 Å². The molecule has 0 aliphatic rings. The van der Waals surface area contributed by atoms with E-state index in [0.29, 0.717) is 23.0 Å². The predicted molar refractivity (Wildman–Crippen MR) is 111 cm³/mol. The number of anilines is 2. The Kier molecular flexibility index (Phi) is 6.57. The number of carbonyl (C=O) groups is 1. The molecule has 0 aliphatic heterocycles. The number of benzene rings is 1. The molecule has 0 unspecified atom stereocenters. The first-order valence-corrected chi connectivity index (χ1v) is 9.08. The lowest BCUT2D eigenvalue weighted by Crippen LogP contribution is -2.22. The van der Waals surface area contributed by atoms with E-state index in [1.54, 1.807) is 56.9 Å². The summed E-state index contributed by atoms with van der Waals surface area (Å²) in [6, 6.07) is 12.5. The highest BCUT2D eigenvalue weighted by Crippen LogP contribution is 2.29. The van der Waals surface area contributed by atoms with Gasteiger partial charge in [0.05, 0.1) is 14.2 Å². The molecule has 0 saturated heterocycles. The lowest BCUT2D eigenvalue weighted by Gasteiger charge is -2.17. The third kappa shape index (κ3) is 5.19. The Bertz CT molecular complexity index is 948. The van der Waals surface area contributed by atoms with Gasteiger partial charge in [0.15, 0.2) is 23.0 Å². The molecule has 1 amide bonds. The predicted octanol–water partition coefficient (Wildman–Crippen LogP) is 2.82. The molecule has 1 N–H and O–H groups in total. The van der Waals surface area contributed by atoms with Gasteiger partial charge in [-0.3, -0.25) is 9.78 Å². The third-order valence-corrected chi connectivity index (χ3v) is 4.40. The van der Waals surface area contributed by atoms with Crippen molar-refractivity contribution in [2.45, 2.75) is 6.42 Å². The molecule has 2 aromatic heterocycles. The van der Waals surface area contributed by atoms with Crippen LogP contribution in [-0.2, 0) is 6.42 Å². The Morgan fingerprint density at radius 1 is 1.00 bits per heavy atom. The fraction of sp³-hybridized carbons (Fsp3) is 0.238. The molecule has 150 valence electrons. The van der Waals surface area contributed by atoms with E-state index in [-0.39, 0.29) is 11.6 Å². The van der Waals surface area contributed by atoms with Gasteiger partial charge in [0.2, 0.25) is 0 Å². The monoisotopic (exact) mass is 393 g/mol. The average Bonchev–Trinajstić information content (AvgIpc) is 2.78. The van der Waals surface area contributed by atoms with Crippen molar-refractivity contribution < 1.29 is 14.3 Å². The number of methoxy groups -OCH3 is 2. The maximum atomic E-state index is 12.5. The number of amides is 1. The fourth-order valence-electron chi connectivity index (χ4n) is 2.72. The van der Waals surface area contributed by atoms with Gasteiger partial charge < -0.3 is 19.7 Å². The number of carbonyl (C=O) groups excluding carboxylic acids is 1. The molecule has 2 heterocycles. The van der Waals surface area contributed by atoms with Crippen LogP contribution in [0.15, 0.2) is 54.9 Å². The topological polar surface area (TPSA) is 89.5 Å². The fourth-order valence-corrected chi connectivity index (χ4v) is 2.72. The van der Waals surface area contributed by atoms with Gasteiger partial charge >= 0.3 is 0 Å². The van der Waals surface area contributed by atoms with E-state index in [1.165, 1.54) is 5.56 Å². The molecule has 0 bridgehead atoms. The smallest absolute Gasteiger partial charge is 0.276 e. The summed E-state index contributed by atoms with van der Waals surface area (Å²) in [5.41, 5.74) is 2.00. The second-order valence-electron chi connectivity index (χ2n) is 6.33. The second-order valence-corrected chi connectivity index (χ2v) is 6.33. The van der Waals surface area contributed by atoms with Gasteiger partial charge in [-0.1, -0.05) is 0 Å². The minimum absolute atomic E-state index is 0.228. The SMILES string of the molecule is COc1ccc(NC(=O)c2ccc(N(C)CCc3ccncc3)nn2)cc1OC. The number of aromatic nitrogens is 3. The third-order valence-electron chi connectivity index (χ3n) is 4.40. The summed E-state index contributed by atoms with van der Waals surface area (Å²) >= 11 is 0. The Balaban J connectivity index is 1.61. The van der Waals surface area contributed by atoms with Crippen molar-refractivity contribution in [3.8, 4) is 11.5 Å². The van der Waals surface area contributed by atoms with Gasteiger partial charge in [0.1, 0.15) is 0 Å². The summed E-state index contributed by atoms with van der Waals surface area (Å²) in [7, 11) is 5.04. The molecule has 0 radical (unpaired) electrons. The molecule has 8 nitrogen and oxygen atoms in total. The Morgan fingerprint density at radius 2 is 1.76 bits per heavy atom. The van der Waals surface area contributed by atoms with Gasteiger partial charge in [0.25, 0.3) is 5.91 Å². The van der Waals surface area contributed by atoms with Crippen LogP contribution in [0.25, 0.3) is 0 Å². The highest BCUT2D eigenvalue weighted by atomic mass is 16.5. The summed E-state index contributed by atoms with van der Waals surface area (Å²) in [6.45, 7) is 0.774.